The number of thiazole rings is 1. The lowest BCUT2D eigenvalue weighted by atomic mass is 10.4. The van der Waals surface area contributed by atoms with E-state index in [1.165, 1.54) is 4.88 Å². The lowest BCUT2D eigenvalue weighted by Gasteiger charge is -2.14. The third kappa shape index (κ3) is 2.27. The van der Waals surface area contributed by atoms with E-state index in [0.717, 1.165) is 29.8 Å². The van der Waals surface area contributed by atoms with Gasteiger partial charge in [0.1, 0.15) is 0 Å². The third-order valence-electron chi connectivity index (χ3n) is 2.02. The summed E-state index contributed by atoms with van der Waals surface area (Å²) in [6.45, 7) is 2.77. The monoisotopic (exact) mass is 260 g/mol. The van der Waals surface area contributed by atoms with Crippen LogP contribution in [-0.4, -0.2) is 20.8 Å². The van der Waals surface area contributed by atoms with Crippen molar-refractivity contribution in [2.24, 2.45) is 0 Å². The maximum Gasteiger partial charge on any atom is 0.187 e. The second kappa shape index (κ2) is 4.42. The molecular weight excluding hydrogens is 252 g/mol. The molecule has 2 aromatic heterocycles. The molecule has 0 amide bonds. The van der Waals surface area contributed by atoms with Crippen molar-refractivity contribution in [2.75, 3.05) is 11.9 Å². The molecule has 0 aliphatic carbocycles. The molecule has 0 bridgehead atoms. The molecule has 15 heavy (non-hydrogen) atoms. The van der Waals surface area contributed by atoms with Crippen LogP contribution < -0.4 is 4.90 Å². The molecule has 0 aliphatic heterocycles. The highest BCUT2D eigenvalue weighted by Gasteiger charge is 2.12. The summed E-state index contributed by atoms with van der Waals surface area (Å²) in [5.41, 5.74) is 2.91. The van der Waals surface area contributed by atoms with E-state index in [9.17, 15) is 0 Å². The van der Waals surface area contributed by atoms with E-state index in [-0.39, 0.29) is 0 Å². The molecule has 4 nitrogen and oxygen atoms in total. The number of hydrogen-bond acceptors (Lipinski definition) is 6. The quantitative estimate of drug-likeness (QED) is 0.851. The minimum Gasteiger partial charge on any atom is -0.351 e. The Hall–Kier alpha value is -0.720. The minimum atomic E-state index is 0.463. The fourth-order valence-electron chi connectivity index (χ4n) is 1.17. The van der Waals surface area contributed by atoms with E-state index in [4.69, 9.17) is 11.6 Å². The third-order valence-corrected chi connectivity index (χ3v) is 3.81. The molecule has 0 fully saturated rings. The van der Waals surface area contributed by atoms with Crippen molar-refractivity contribution < 1.29 is 0 Å². The summed E-state index contributed by atoms with van der Waals surface area (Å²) in [7, 11) is 1.95. The molecule has 0 spiro atoms. The Bertz CT molecular complexity index is 453. The van der Waals surface area contributed by atoms with Gasteiger partial charge in [0, 0.05) is 11.9 Å². The molecule has 0 saturated carbocycles. The van der Waals surface area contributed by atoms with Gasteiger partial charge in [-0.1, -0.05) is 11.6 Å². The van der Waals surface area contributed by atoms with Gasteiger partial charge in [0.2, 0.25) is 0 Å². The summed E-state index contributed by atoms with van der Waals surface area (Å²) >= 11 is 8.66. The van der Waals surface area contributed by atoms with Crippen molar-refractivity contribution in [3.63, 3.8) is 0 Å². The number of aryl methyl sites for hydroxylation is 1. The normalized spacial score (nSPS) is 10.6. The maximum absolute atomic E-state index is 5.90. The molecule has 0 N–H and O–H groups in total. The van der Waals surface area contributed by atoms with E-state index in [1.54, 1.807) is 11.3 Å². The number of aromatic nitrogens is 3. The van der Waals surface area contributed by atoms with Gasteiger partial charge in [-0.05, 0) is 6.92 Å². The van der Waals surface area contributed by atoms with Crippen LogP contribution in [0.3, 0.4) is 0 Å². The fraction of sp³-hybridized carbons (Fsp3) is 0.375. The van der Waals surface area contributed by atoms with Crippen LogP contribution in [0, 0.1) is 6.92 Å². The van der Waals surface area contributed by atoms with Crippen molar-refractivity contribution in [3.05, 3.63) is 21.2 Å². The molecule has 0 saturated heterocycles. The van der Waals surface area contributed by atoms with Crippen LogP contribution in [0.2, 0.25) is 5.15 Å². The van der Waals surface area contributed by atoms with E-state index >= 15 is 0 Å². The zero-order chi connectivity index (χ0) is 10.8. The predicted octanol–water partition coefficient (Wildman–Crippen LogP) is 2.59. The summed E-state index contributed by atoms with van der Waals surface area (Å²) < 4.78 is 8.07. The van der Waals surface area contributed by atoms with Crippen LogP contribution in [0.4, 0.5) is 5.82 Å². The summed E-state index contributed by atoms with van der Waals surface area (Å²) in [5.74, 6) is 0.731. The van der Waals surface area contributed by atoms with Crippen LogP contribution in [0.15, 0.2) is 5.51 Å². The van der Waals surface area contributed by atoms with Gasteiger partial charge in [-0.3, -0.25) is 0 Å². The van der Waals surface area contributed by atoms with Crippen molar-refractivity contribution >= 4 is 40.5 Å². The van der Waals surface area contributed by atoms with E-state index < -0.39 is 0 Å². The summed E-state index contributed by atoms with van der Waals surface area (Å²) in [6.07, 6.45) is 0. The van der Waals surface area contributed by atoms with E-state index in [1.807, 2.05) is 24.4 Å². The lowest BCUT2D eigenvalue weighted by Crippen LogP contribution is -2.16. The van der Waals surface area contributed by atoms with Gasteiger partial charge in [-0.25, -0.2) is 4.98 Å². The summed E-state index contributed by atoms with van der Waals surface area (Å²) in [5, 5.41) is 0.463. The first-order chi connectivity index (χ1) is 7.18. The molecular formula is C8H9ClN4S2. The molecule has 2 heterocycles. The largest absolute Gasteiger partial charge is 0.351 e. The molecule has 2 aromatic rings. The van der Waals surface area contributed by atoms with Crippen LogP contribution in [0.5, 0.6) is 0 Å². The maximum atomic E-state index is 5.90. The molecule has 0 aromatic carbocycles. The molecule has 80 valence electrons. The highest BCUT2D eigenvalue weighted by Crippen LogP contribution is 2.24. The smallest absolute Gasteiger partial charge is 0.187 e. The summed E-state index contributed by atoms with van der Waals surface area (Å²) in [4.78, 5) is 7.40. The van der Waals surface area contributed by atoms with Crippen LogP contribution in [-0.2, 0) is 6.54 Å². The minimum absolute atomic E-state index is 0.463. The zero-order valence-corrected chi connectivity index (χ0v) is 10.7. The molecule has 2 rings (SSSR count). The molecule has 0 aliphatic rings. The van der Waals surface area contributed by atoms with Gasteiger partial charge in [0.05, 0.1) is 29.5 Å². The van der Waals surface area contributed by atoms with Gasteiger partial charge < -0.3 is 4.90 Å². The number of hydrogen-bond donors (Lipinski definition) is 0. The van der Waals surface area contributed by atoms with Crippen LogP contribution >= 0.6 is 34.7 Å². The van der Waals surface area contributed by atoms with Gasteiger partial charge >= 0.3 is 0 Å². The first kappa shape index (κ1) is 10.8. The topological polar surface area (TPSA) is 41.9 Å². The predicted molar refractivity (Wildman–Crippen MR) is 63.9 cm³/mol. The van der Waals surface area contributed by atoms with E-state index in [0.29, 0.717) is 5.15 Å². The molecule has 0 unspecified atom stereocenters. The summed E-state index contributed by atoms with van der Waals surface area (Å²) in [6, 6.07) is 0. The Labute approximate surface area is 101 Å². The second-order valence-corrected chi connectivity index (χ2v) is 4.92. The van der Waals surface area contributed by atoms with Gasteiger partial charge in [-0.15, -0.1) is 11.3 Å². The first-order valence-corrected chi connectivity index (χ1v) is 6.25. The second-order valence-electron chi connectivity index (χ2n) is 3.10. The average Bonchev–Trinajstić information content (AvgIpc) is 2.76. The van der Waals surface area contributed by atoms with Crippen molar-refractivity contribution in [1.29, 1.82) is 0 Å². The Morgan fingerprint density at radius 3 is 2.80 bits per heavy atom. The fourth-order valence-corrected chi connectivity index (χ4v) is 2.82. The standard InChI is InChI=1S/C8H9ClN4S2/c1-5-6(14-4-10-5)3-13(2)8-7(9)11-15-12-8/h4H,3H2,1-2H3. The van der Waals surface area contributed by atoms with Crippen LogP contribution in [0.1, 0.15) is 10.6 Å². The SMILES string of the molecule is Cc1ncsc1CN(C)c1nsnc1Cl. The average molecular weight is 261 g/mol. The van der Waals surface area contributed by atoms with Crippen molar-refractivity contribution in [1.82, 2.24) is 13.7 Å². The number of nitrogens with zero attached hydrogens (tertiary/aromatic N) is 4. The van der Waals surface area contributed by atoms with Crippen LogP contribution in [0.25, 0.3) is 0 Å². The Morgan fingerprint density at radius 1 is 1.47 bits per heavy atom. The molecule has 0 atom stereocenters. The Balaban J connectivity index is 2.14. The van der Waals surface area contributed by atoms with Crippen molar-refractivity contribution in [2.45, 2.75) is 13.5 Å². The van der Waals surface area contributed by atoms with Gasteiger partial charge in [0.15, 0.2) is 11.0 Å². The number of rotatable bonds is 3. The van der Waals surface area contributed by atoms with Crippen molar-refractivity contribution in [3.8, 4) is 0 Å². The van der Waals surface area contributed by atoms with Gasteiger partial charge in [-0.2, -0.15) is 8.75 Å². The Kier molecular flexibility index (Phi) is 3.18. The molecule has 0 radical (unpaired) electrons. The Morgan fingerprint density at radius 2 is 2.27 bits per heavy atom. The lowest BCUT2D eigenvalue weighted by molar-refractivity contribution is 0.911. The van der Waals surface area contributed by atoms with Gasteiger partial charge in [0.25, 0.3) is 0 Å². The molecule has 7 heteroatoms. The highest BCUT2D eigenvalue weighted by molar-refractivity contribution is 7.09. The number of halogens is 1. The zero-order valence-electron chi connectivity index (χ0n) is 8.27. The highest BCUT2D eigenvalue weighted by atomic mass is 35.5. The first-order valence-electron chi connectivity index (χ1n) is 4.26. The van der Waals surface area contributed by atoms with E-state index in [2.05, 4.69) is 13.7 Å². The number of anilines is 1.